The molecule has 8 heteroatoms. The molecule has 1 saturated heterocycles. The predicted molar refractivity (Wildman–Crippen MR) is 129 cm³/mol. The molecular formula is C25H27N3O4S. The van der Waals surface area contributed by atoms with E-state index in [1.54, 1.807) is 21.9 Å². The maximum atomic E-state index is 13.5. The number of fused-ring (bicyclic) bond motifs is 1. The second kappa shape index (κ2) is 9.33. The normalized spacial score (nSPS) is 14.9. The third-order valence-electron chi connectivity index (χ3n) is 6.02. The van der Waals surface area contributed by atoms with Gasteiger partial charge in [-0.2, -0.15) is 4.31 Å². The zero-order valence-electron chi connectivity index (χ0n) is 18.8. The number of benzene rings is 3. The van der Waals surface area contributed by atoms with Gasteiger partial charge in [0.05, 0.1) is 10.6 Å². The van der Waals surface area contributed by atoms with Crippen LogP contribution in [-0.4, -0.2) is 62.2 Å². The molecule has 0 bridgehead atoms. The van der Waals surface area contributed by atoms with E-state index in [1.165, 1.54) is 23.4 Å². The number of sulfonamides is 1. The minimum Gasteiger partial charge on any atom is -0.340 e. The molecule has 3 aromatic carbocycles. The molecule has 0 aromatic heterocycles. The van der Waals surface area contributed by atoms with Gasteiger partial charge in [0, 0.05) is 50.6 Å². The molecule has 3 aromatic rings. The van der Waals surface area contributed by atoms with Gasteiger partial charge in [0.25, 0.3) is 5.91 Å². The Morgan fingerprint density at radius 3 is 2.27 bits per heavy atom. The fourth-order valence-electron chi connectivity index (χ4n) is 4.20. The number of hydrogen-bond acceptors (Lipinski definition) is 4. The fourth-order valence-corrected chi connectivity index (χ4v) is 5.67. The number of nitrogens with zero attached hydrogens (tertiary/aromatic N) is 3. The molecule has 2 amide bonds. The molecular weight excluding hydrogens is 438 g/mol. The van der Waals surface area contributed by atoms with Crippen LogP contribution in [0.2, 0.25) is 0 Å². The van der Waals surface area contributed by atoms with Crippen LogP contribution in [0.4, 0.5) is 5.69 Å². The Kier molecular flexibility index (Phi) is 6.49. The summed E-state index contributed by atoms with van der Waals surface area (Å²) in [6, 6.07) is 19.9. The van der Waals surface area contributed by atoms with Crippen molar-refractivity contribution in [3.8, 4) is 0 Å². The number of hydrogen-bond donors (Lipinski definition) is 0. The van der Waals surface area contributed by atoms with Gasteiger partial charge in [-0.3, -0.25) is 9.59 Å². The van der Waals surface area contributed by atoms with E-state index in [0.29, 0.717) is 25.2 Å². The molecule has 172 valence electrons. The number of carbonyl (C=O) groups is 2. The highest BCUT2D eigenvalue weighted by Crippen LogP contribution is 2.28. The maximum absolute atomic E-state index is 13.5. The van der Waals surface area contributed by atoms with Crippen molar-refractivity contribution in [2.24, 2.45) is 0 Å². The van der Waals surface area contributed by atoms with Crippen LogP contribution in [0.5, 0.6) is 0 Å². The first kappa shape index (κ1) is 22.9. The number of amides is 2. The van der Waals surface area contributed by atoms with E-state index in [0.717, 1.165) is 16.5 Å². The lowest BCUT2D eigenvalue weighted by molar-refractivity contribution is -0.129. The second-order valence-electron chi connectivity index (χ2n) is 7.99. The summed E-state index contributed by atoms with van der Waals surface area (Å²) >= 11 is 0. The Labute approximate surface area is 194 Å². The van der Waals surface area contributed by atoms with Crippen LogP contribution >= 0.6 is 0 Å². The number of rotatable bonds is 5. The van der Waals surface area contributed by atoms with Crippen molar-refractivity contribution in [1.82, 2.24) is 9.21 Å². The van der Waals surface area contributed by atoms with Gasteiger partial charge in [0.2, 0.25) is 15.9 Å². The summed E-state index contributed by atoms with van der Waals surface area (Å²) in [7, 11) is -3.77. The lowest BCUT2D eigenvalue weighted by Crippen LogP contribution is -2.49. The summed E-state index contributed by atoms with van der Waals surface area (Å²) in [5, 5.41) is 1.99. The fraction of sp³-hybridized carbons (Fsp3) is 0.280. The zero-order valence-corrected chi connectivity index (χ0v) is 19.6. The largest absolute Gasteiger partial charge is 0.340 e. The molecule has 0 radical (unpaired) electrons. The molecule has 33 heavy (non-hydrogen) atoms. The highest BCUT2D eigenvalue weighted by atomic mass is 32.2. The monoisotopic (exact) mass is 465 g/mol. The van der Waals surface area contributed by atoms with Gasteiger partial charge in [-0.25, -0.2) is 8.42 Å². The Morgan fingerprint density at radius 2 is 1.58 bits per heavy atom. The van der Waals surface area contributed by atoms with E-state index >= 15 is 0 Å². The van der Waals surface area contributed by atoms with Crippen LogP contribution in [0.15, 0.2) is 71.6 Å². The molecule has 1 aliphatic heterocycles. The van der Waals surface area contributed by atoms with Crippen molar-refractivity contribution >= 4 is 38.3 Å². The van der Waals surface area contributed by atoms with Crippen LogP contribution in [0, 0.1) is 0 Å². The van der Waals surface area contributed by atoms with Crippen molar-refractivity contribution in [2.45, 2.75) is 18.7 Å². The summed E-state index contributed by atoms with van der Waals surface area (Å²) in [5.41, 5.74) is 1.10. The summed E-state index contributed by atoms with van der Waals surface area (Å²) < 4.78 is 27.8. The van der Waals surface area contributed by atoms with Gasteiger partial charge < -0.3 is 9.80 Å². The van der Waals surface area contributed by atoms with E-state index in [4.69, 9.17) is 0 Å². The molecule has 0 N–H and O–H groups in total. The van der Waals surface area contributed by atoms with Crippen molar-refractivity contribution in [3.63, 3.8) is 0 Å². The van der Waals surface area contributed by atoms with E-state index in [9.17, 15) is 18.0 Å². The number of piperazine rings is 1. The average Bonchev–Trinajstić information content (AvgIpc) is 2.84. The van der Waals surface area contributed by atoms with E-state index < -0.39 is 10.0 Å². The minimum absolute atomic E-state index is 0.0623. The standard InChI is InChI=1S/C25H27N3O4S/c1-3-28(24-13-7-9-20-8-4-5-12-23(20)24)25(30)21-10-6-11-22(18-21)33(31,32)27-16-14-26(15-17-27)19(2)29/h4-13,18H,3,14-17H2,1-2H3. The Hall–Kier alpha value is -3.23. The van der Waals surface area contributed by atoms with Crippen molar-refractivity contribution < 1.29 is 18.0 Å². The highest BCUT2D eigenvalue weighted by molar-refractivity contribution is 7.89. The molecule has 0 atom stereocenters. The maximum Gasteiger partial charge on any atom is 0.258 e. The summed E-state index contributed by atoms with van der Waals surface area (Å²) in [4.78, 5) is 28.4. The topological polar surface area (TPSA) is 78.0 Å². The van der Waals surface area contributed by atoms with Crippen LogP contribution < -0.4 is 4.90 Å². The average molecular weight is 466 g/mol. The summed E-state index contributed by atoms with van der Waals surface area (Å²) in [5.74, 6) is -0.319. The van der Waals surface area contributed by atoms with Crippen LogP contribution in [0.25, 0.3) is 10.8 Å². The zero-order chi connectivity index (χ0) is 23.6. The Bertz CT molecular complexity index is 1290. The van der Waals surface area contributed by atoms with Crippen molar-refractivity contribution in [3.05, 3.63) is 72.3 Å². The van der Waals surface area contributed by atoms with Gasteiger partial charge in [0.1, 0.15) is 0 Å². The number of anilines is 1. The summed E-state index contributed by atoms with van der Waals surface area (Å²) in [6.45, 7) is 5.00. The smallest absolute Gasteiger partial charge is 0.258 e. The molecule has 7 nitrogen and oxygen atoms in total. The first-order chi connectivity index (χ1) is 15.8. The van der Waals surface area contributed by atoms with Gasteiger partial charge in [-0.1, -0.05) is 42.5 Å². The van der Waals surface area contributed by atoms with Gasteiger partial charge >= 0.3 is 0 Å². The molecule has 1 fully saturated rings. The second-order valence-corrected chi connectivity index (χ2v) is 9.92. The lowest BCUT2D eigenvalue weighted by Gasteiger charge is -2.33. The number of carbonyl (C=O) groups excluding carboxylic acids is 2. The quantitative estimate of drug-likeness (QED) is 0.579. The molecule has 0 saturated carbocycles. The summed E-state index contributed by atoms with van der Waals surface area (Å²) in [6.07, 6.45) is 0. The predicted octanol–water partition coefficient (Wildman–Crippen LogP) is 3.36. The first-order valence-corrected chi connectivity index (χ1v) is 12.4. The van der Waals surface area contributed by atoms with Gasteiger partial charge in [0.15, 0.2) is 0 Å². The van der Waals surface area contributed by atoms with E-state index in [2.05, 4.69) is 0 Å². The van der Waals surface area contributed by atoms with Crippen LogP contribution in [-0.2, 0) is 14.8 Å². The highest BCUT2D eigenvalue weighted by Gasteiger charge is 2.30. The van der Waals surface area contributed by atoms with Gasteiger partial charge in [-0.05, 0) is 36.6 Å². The molecule has 1 aliphatic rings. The van der Waals surface area contributed by atoms with Crippen LogP contribution in [0.3, 0.4) is 0 Å². The molecule has 1 heterocycles. The molecule has 4 rings (SSSR count). The lowest BCUT2D eigenvalue weighted by atomic mass is 10.1. The Morgan fingerprint density at radius 1 is 0.909 bits per heavy atom. The van der Waals surface area contributed by atoms with E-state index in [-0.39, 0.29) is 29.8 Å². The molecule has 0 spiro atoms. The third kappa shape index (κ3) is 4.49. The molecule has 0 aliphatic carbocycles. The molecule has 0 unspecified atom stereocenters. The van der Waals surface area contributed by atoms with E-state index in [1.807, 2.05) is 49.4 Å². The van der Waals surface area contributed by atoms with Gasteiger partial charge in [-0.15, -0.1) is 0 Å². The van der Waals surface area contributed by atoms with Crippen molar-refractivity contribution in [2.75, 3.05) is 37.6 Å². The van der Waals surface area contributed by atoms with Crippen LogP contribution in [0.1, 0.15) is 24.2 Å². The van der Waals surface area contributed by atoms with Crippen molar-refractivity contribution in [1.29, 1.82) is 0 Å². The SMILES string of the molecule is CCN(C(=O)c1cccc(S(=O)(=O)N2CCN(C(C)=O)CC2)c1)c1cccc2ccccc12. The first-order valence-electron chi connectivity index (χ1n) is 11.0. The third-order valence-corrected chi connectivity index (χ3v) is 7.92. The Balaban J connectivity index is 1.63. The minimum atomic E-state index is -3.77.